The van der Waals surface area contributed by atoms with Gasteiger partial charge >= 0.3 is 12.2 Å². The summed E-state index contributed by atoms with van der Waals surface area (Å²) in [5.74, 6) is 0.628. The van der Waals surface area contributed by atoms with Gasteiger partial charge in [-0.25, -0.2) is 9.59 Å². The zero-order valence-electron chi connectivity index (χ0n) is 14.8. The molecule has 1 aliphatic rings. The summed E-state index contributed by atoms with van der Waals surface area (Å²) >= 11 is 0. The van der Waals surface area contributed by atoms with Crippen molar-refractivity contribution in [2.45, 2.75) is 64.7 Å². The maximum atomic E-state index is 11.8. The van der Waals surface area contributed by atoms with E-state index in [9.17, 15) is 9.59 Å². The molecule has 0 heterocycles. The van der Waals surface area contributed by atoms with Crippen LogP contribution in [0.5, 0.6) is 5.75 Å². The van der Waals surface area contributed by atoms with Gasteiger partial charge in [-0.15, -0.1) is 0 Å². The molecule has 0 spiro atoms. The van der Waals surface area contributed by atoms with Crippen molar-refractivity contribution >= 4 is 12.2 Å². The number of carbonyl (C=O) groups is 2. The minimum absolute atomic E-state index is 0.0396. The smallest absolute Gasteiger partial charge is 0.444 e. The molecular formula is C18H25NO5. The second-order valence-corrected chi connectivity index (χ2v) is 7.19. The first-order valence-corrected chi connectivity index (χ1v) is 8.12. The van der Waals surface area contributed by atoms with E-state index in [-0.39, 0.29) is 18.1 Å². The molecule has 2 atom stereocenters. The van der Waals surface area contributed by atoms with E-state index < -0.39 is 17.8 Å². The number of amides is 1. The van der Waals surface area contributed by atoms with Gasteiger partial charge in [-0.1, -0.05) is 12.1 Å². The molecule has 1 amide bonds. The molecule has 0 saturated heterocycles. The van der Waals surface area contributed by atoms with Crippen molar-refractivity contribution < 1.29 is 23.8 Å². The van der Waals surface area contributed by atoms with Crippen molar-refractivity contribution in [2.75, 3.05) is 0 Å². The van der Waals surface area contributed by atoms with Gasteiger partial charge in [-0.3, -0.25) is 0 Å². The molecule has 24 heavy (non-hydrogen) atoms. The third-order valence-electron chi connectivity index (χ3n) is 3.31. The molecule has 6 nitrogen and oxygen atoms in total. The van der Waals surface area contributed by atoms with Gasteiger partial charge in [0.1, 0.15) is 11.4 Å². The Kier molecular flexibility index (Phi) is 5.36. The van der Waals surface area contributed by atoms with Gasteiger partial charge in [-0.05, 0) is 58.7 Å². The van der Waals surface area contributed by atoms with Gasteiger partial charge in [0, 0.05) is 12.0 Å². The van der Waals surface area contributed by atoms with Crippen molar-refractivity contribution in [3.8, 4) is 5.75 Å². The van der Waals surface area contributed by atoms with Gasteiger partial charge in [0.05, 0.1) is 6.10 Å². The van der Waals surface area contributed by atoms with Crippen molar-refractivity contribution in [1.82, 2.24) is 5.32 Å². The molecule has 0 bridgehead atoms. The molecule has 1 saturated carbocycles. The molecule has 1 aromatic carbocycles. The Balaban J connectivity index is 1.89. The second kappa shape index (κ2) is 7.11. The fraction of sp³-hybridized carbons (Fsp3) is 0.556. The van der Waals surface area contributed by atoms with Crippen LogP contribution < -0.4 is 10.1 Å². The first kappa shape index (κ1) is 18.1. The zero-order chi connectivity index (χ0) is 17.9. The Labute approximate surface area is 142 Å². The van der Waals surface area contributed by atoms with Gasteiger partial charge in [0.25, 0.3) is 0 Å². The molecule has 1 N–H and O–H groups in total. The van der Waals surface area contributed by atoms with E-state index in [2.05, 4.69) is 5.32 Å². The van der Waals surface area contributed by atoms with Crippen LogP contribution in [0.4, 0.5) is 9.59 Å². The third-order valence-corrected chi connectivity index (χ3v) is 3.31. The summed E-state index contributed by atoms with van der Waals surface area (Å²) in [6, 6.07) is 7.29. The highest BCUT2D eigenvalue weighted by atomic mass is 16.7. The number of alkyl carbamates (subject to hydrolysis) is 1. The average molecular weight is 335 g/mol. The number of nitrogens with one attached hydrogen (secondary N) is 1. The fourth-order valence-corrected chi connectivity index (χ4v) is 2.30. The fourth-order valence-electron chi connectivity index (χ4n) is 2.30. The monoisotopic (exact) mass is 335 g/mol. The summed E-state index contributed by atoms with van der Waals surface area (Å²) in [7, 11) is 0. The Morgan fingerprint density at radius 1 is 1.25 bits per heavy atom. The molecule has 6 heteroatoms. The number of carbonyl (C=O) groups excluding carboxylic acids is 2. The number of ether oxygens (including phenoxy) is 3. The van der Waals surface area contributed by atoms with Crippen molar-refractivity contribution in [3.63, 3.8) is 0 Å². The minimum atomic E-state index is -0.721. The highest BCUT2D eigenvalue weighted by Crippen LogP contribution is 2.41. The first-order chi connectivity index (χ1) is 11.1. The van der Waals surface area contributed by atoms with Crippen LogP contribution in [0.25, 0.3) is 0 Å². The Bertz CT molecular complexity index is 606. The van der Waals surface area contributed by atoms with Gasteiger partial charge < -0.3 is 19.5 Å². The second-order valence-electron chi connectivity index (χ2n) is 7.19. The standard InChI is InChI=1S/C18H25NO5/c1-11(2)22-17(21)23-13-8-6-7-12(9-13)14-10-15(14)19-16(20)24-18(3,4)5/h6-9,11,14-15H,10H2,1-5H3,(H,19,20). The lowest BCUT2D eigenvalue weighted by Gasteiger charge is -2.19. The third kappa shape index (κ3) is 5.76. The summed E-state index contributed by atoms with van der Waals surface area (Å²) in [5.41, 5.74) is 0.491. The van der Waals surface area contributed by atoms with Crippen molar-refractivity contribution in [2.24, 2.45) is 0 Å². The van der Waals surface area contributed by atoms with Crippen LogP contribution in [0.15, 0.2) is 24.3 Å². The van der Waals surface area contributed by atoms with Gasteiger partial charge in [-0.2, -0.15) is 0 Å². The summed E-state index contributed by atoms with van der Waals surface area (Å²) in [6.45, 7) is 9.00. The van der Waals surface area contributed by atoms with E-state index in [1.807, 2.05) is 32.9 Å². The number of benzene rings is 1. The van der Waals surface area contributed by atoms with Crippen LogP contribution in [0.3, 0.4) is 0 Å². The normalized spacial score (nSPS) is 19.6. The van der Waals surface area contributed by atoms with Crippen LogP contribution in [0.1, 0.15) is 52.5 Å². The highest BCUT2D eigenvalue weighted by molar-refractivity contribution is 5.69. The average Bonchev–Trinajstić information content (AvgIpc) is 3.14. The molecule has 2 rings (SSSR count). The summed E-state index contributed by atoms with van der Waals surface area (Å²) in [5, 5.41) is 2.85. The summed E-state index contributed by atoms with van der Waals surface area (Å²) < 4.78 is 15.4. The highest BCUT2D eigenvalue weighted by Gasteiger charge is 2.40. The molecule has 0 aromatic heterocycles. The van der Waals surface area contributed by atoms with E-state index in [1.165, 1.54) is 0 Å². The first-order valence-electron chi connectivity index (χ1n) is 8.12. The number of hydrogen-bond donors (Lipinski definition) is 1. The molecular weight excluding hydrogens is 310 g/mol. The van der Waals surface area contributed by atoms with Crippen LogP contribution in [-0.4, -0.2) is 30.0 Å². The Morgan fingerprint density at radius 2 is 1.96 bits per heavy atom. The summed E-state index contributed by atoms with van der Waals surface area (Å²) in [4.78, 5) is 23.3. The lowest BCUT2D eigenvalue weighted by atomic mass is 10.1. The lowest BCUT2D eigenvalue weighted by molar-refractivity contribution is 0.0522. The van der Waals surface area contributed by atoms with E-state index in [1.54, 1.807) is 26.0 Å². The largest absolute Gasteiger partial charge is 0.514 e. The van der Waals surface area contributed by atoms with Gasteiger partial charge in [0.15, 0.2) is 0 Å². The quantitative estimate of drug-likeness (QED) is 0.665. The predicted octanol–water partition coefficient (Wildman–Crippen LogP) is 3.99. The zero-order valence-corrected chi connectivity index (χ0v) is 14.8. The van der Waals surface area contributed by atoms with Crippen LogP contribution in [-0.2, 0) is 9.47 Å². The minimum Gasteiger partial charge on any atom is -0.444 e. The van der Waals surface area contributed by atoms with Gasteiger partial charge in [0.2, 0.25) is 0 Å². The molecule has 0 aliphatic heterocycles. The van der Waals surface area contributed by atoms with E-state index in [0.717, 1.165) is 12.0 Å². The van der Waals surface area contributed by atoms with E-state index in [0.29, 0.717) is 5.75 Å². The molecule has 1 fully saturated rings. The van der Waals surface area contributed by atoms with Crippen LogP contribution >= 0.6 is 0 Å². The number of rotatable bonds is 4. The lowest BCUT2D eigenvalue weighted by Crippen LogP contribution is -2.34. The molecule has 0 radical (unpaired) electrons. The van der Waals surface area contributed by atoms with Crippen LogP contribution in [0, 0.1) is 0 Å². The SMILES string of the molecule is CC(C)OC(=O)Oc1cccc(C2CC2NC(=O)OC(C)(C)C)c1. The predicted molar refractivity (Wildman–Crippen MR) is 89.2 cm³/mol. The molecule has 2 unspecified atom stereocenters. The van der Waals surface area contributed by atoms with Crippen molar-refractivity contribution in [1.29, 1.82) is 0 Å². The Morgan fingerprint density at radius 3 is 2.58 bits per heavy atom. The molecule has 1 aliphatic carbocycles. The van der Waals surface area contributed by atoms with E-state index in [4.69, 9.17) is 14.2 Å². The molecule has 1 aromatic rings. The number of hydrogen-bond acceptors (Lipinski definition) is 5. The Hall–Kier alpha value is -2.24. The van der Waals surface area contributed by atoms with E-state index >= 15 is 0 Å². The van der Waals surface area contributed by atoms with Crippen molar-refractivity contribution in [3.05, 3.63) is 29.8 Å². The topological polar surface area (TPSA) is 73.9 Å². The maximum absolute atomic E-state index is 11.8. The van der Waals surface area contributed by atoms with Crippen LogP contribution in [0.2, 0.25) is 0 Å². The summed E-state index contributed by atoms with van der Waals surface area (Å²) in [6.07, 6.45) is -0.533. The maximum Gasteiger partial charge on any atom is 0.514 e. The molecule has 132 valence electrons.